The second-order valence-electron chi connectivity index (χ2n) is 4.12. The van der Waals surface area contributed by atoms with Gasteiger partial charge < -0.3 is 9.47 Å². The van der Waals surface area contributed by atoms with Crippen LogP contribution >= 0.6 is 0 Å². The third-order valence-electron chi connectivity index (χ3n) is 2.79. The van der Waals surface area contributed by atoms with Gasteiger partial charge in [-0.2, -0.15) is 0 Å². The molecule has 0 N–H and O–H groups in total. The number of rotatable bonds is 4. The van der Waals surface area contributed by atoms with E-state index in [-0.39, 0.29) is 0 Å². The minimum absolute atomic E-state index is 0.360. The summed E-state index contributed by atoms with van der Waals surface area (Å²) in [5.74, 6) is 2.50. The molecule has 0 saturated heterocycles. The summed E-state index contributed by atoms with van der Waals surface area (Å²) in [6.45, 7) is 0.360. The predicted molar refractivity (Wildman–Crippen MR) is 76.5 cm³/mol. The van der Waals surface area contributed by atoms with Crippen molar-refractivity contribution in [3.63, 3.8) is 0 Å². The fourth-order valence-corrected chi connectivity index (χ4v) is 1.75. The number of carbonyl (C=O) groups excluding carboxylic acids is 1. The first-order chi connectivity index (χ1) is 9.74. The summed E-state index contributed by atoms with van der Waals surface area (Å²) in [5.41, 5.74) is 2.03. The summed E-state index contributed by atoms with van der Waals surface area (Å²) < 4.78 is 10.4. The van der Waals surface area contributed by atoms with Gasteiger partial charge in [-0.1, -0.05) is 36.3 Å². The normalized spacial score (nSPS) is 9.60. The van der Waals surface area contributed by atoms with E-state index in [0.29, 0.717) is 23.5 Å². The van der Waals surface area contributed by atoms with Crippen LogP contribution in [0.2, 0.25) is 0 Å². The quantitative estimate of drug-likeness (QED) is 0.630. The van der Waals surface area contributed by atoms with Crippen molar-refractivity contribution in [3.05, 3.63) is 65.2 Å². The highest BCUT2D eigenvalue weighted by molar-refractivity contribution is 5.92. The molecule has 0 spiro atoms. The van der Waals surface area contributed by atoms with Gasteiger partial charge in [0, 0.05) is 5.56 Å². The van der Waals surface area contributed by atoms with Crippen LogP contribution in [0.5, 0.6) is 5.75 Å². The van der Waals surface area contributed by atoms with Crippen LogP contribution in [-0.4, -0.2) is 13.1 Å². The van der Waals surface area contributed by atoms with E-state index in [1.54, 1.807) is 18.2 Å². The first-order valence-corrected chi connectivity index (χ1v) is 6.10. The zero-order valence-corrected chi connectivity index (χ0v) is 11.1. The minimum atomic E-state index is -0.448. The Morgan fingerprint density at radius 2 is 1.95 bits per heavy atom. The van der Waals surface area contributed by atoms with Crippen molar-refractivity contribution in [1.82, 2.24) is 0 Å². The molecule has 0 unspecified atom stereocenters. The lowest BCUT2D eigenvalue weighted by Gasteiger charge is -2.11. The third kappa shape index (κ3) is 3.18. The largest absolute Gasteiger partial charge is 0.488 e. The van der Waals surface area contributed by atoms with Gasteiger partial charge in [-0.15, -0.1) is 6.42 Å². The zero-order valence-electron chi connectivity index (χ0n) is 11.1. The average molecular weight is 266 g/mol. The molecule has 0 heterocycles. The van der Waals surface area contributed by atoms with Gasteiger partial charge in [-0.3, -0.25) is 0 Å². The average Bonchev–Trinajstić information content (AvgIpc) is 2.52. The van der Waals surface area contributed by atoms with E-state index in [0.717, 1.165) is 5.56 Å². The Bertz CT molecular complexity index is 639. The number of carbonyl (C=O) groups is 1. The molecule has 0 aliphatic rings. The molecule has 2 rings (SSSR count). The van der Waals surface area contributed by atoms with E-state index in [1.165, 1.54) is 7.11 Å². The van der Waals surface area contributed by atoms with Crippen LogP contribution in [0.3, 0.4) is 0 Å². The Labute approximate surface area is 118 Å². The molecule has 3 heteroatoms. The third-order valence-corrected chi connectivity index (χ3v) is 2.79. The van der Waals surface area contributed by atoms with E-state index < -0.39 is 5.97 Å². The lowest BCUT2D eigenvalue weighted by Crippen LogP contribution is -2.06. The highest BCUT2D eigenvalue weighted by Gasteiger charge is 2.13. The second-order valence-corrected chi connectivity index (χ2v) is 4.12. The van der Waals surface area contributed by atoms with Gasteiger partial charge in [0.05, 0.1) is 7.11 Å². The molecule has 0 atom stereocenters. The first kappa shape index (κ1) is 13.7. The van der Waals surface area contributed by atoms with Gasteiger partial charge in [-0.05, 0) is 23.8 Å². The maximum absolute atomic E-state index is 11.7. The number of benzene rings is 2. The molecular formula is C17H14O3. The molecule has 3 nitrogen and oxygen atoms in total. The molecule has 0 aliphatic carbocycles. The Balaban J connectivity index is 2.24. The Morgan fingerprint density at radius 1 is 1.20 bits per heavy atom. The van der Waals surface area contributed by atoms with Crippen molar-refractivity contribution in [2.24, 2.45) is 0 Å². The Morgan fingerprint density at radius 3 is 2.60 bits per heavy atom. The molecule has 0 fully saturated rings. The number of ether oxygens (including phenoxy) is 2. The van der Waals surface area contributed by atoms with Gasteiger partial charge in [0.25, 0.3) is 0 Å². The van der Waals surface area contributed by atoms with Gasteiger partial charge in [-0.25, -0.2) is 4.79 Å². The number of hydrogen-bond donors (Lipinski definition) is 0. The molecule has 0 saturated carbocycles. The number of hydrogen-bond acceptors (Lipinski definition) is 3. The van der Waals surface area contributed by atoms with Crippen molar-refractivity contribution in [2.45, 2.75) is 6.61 Å². The Hall–Kier alpha value is -2.73. The van der Waals surface area contributed by atoms with Gasteiger partial charge >= 0.3 is 5.97 Å². The van der Waals surface area contributed by atoms with Crippen LogP contribution in [0, 0.1) is 12.3 Å². The summed E-state index contributed by atoms with van der Waals surface area (Å²) in [6, 6.07) is 14.6. The van der Waals surface area contributed by atoms with Crippen LogP contribution in [0.4, 0.5) is 0 Å². The van der Waals surface area contributed by atoms with Crippen LogP contribution in [0.1, 0.15) is 21.5 Å². The zero-order chi connectivity index (χ0) is 14.4. The van der Waals surface area contributed by atoms with Crippen molar-refractivity contribution in [2.75, 3.05) is 7.11 Å². The van der Waals surface area contributed by atoms with Crippen molar-refractivity contribution in [1.29, 1.82) is 0 Å². The molecule has 0 aliphatic heterocycles. The highest BCUT2D eigenvalue weighted by atomic mass is 16.5. The SMILES string of the molecule is C#Cc1ccc(C(=O)OC)c(OCc2ccccc2)c1. The first-order valence-electron chi connectivity index (χ1n) is 6.10. The minimum Gasteiger partial charge on any atom is -0.488 e. The van der Waals surface area contributed by atoms with E-state index in [1.807, 2.05) is 30.3 Å². The molecule has 0 aromatic heterocycles. The lowest BCUT2D eigenvalue weighted by atomic mass is 10.1. The van der Waals surface area contributed by atoms with Crippen LogP contribution in [0.25, 0.3) is 0 Å². The van der Waals surface area contributed by atoms with Crippen molar-refractivity contribution >= 4 is 5.97 Å². The van der Waals surface area contributed by atoms with Crippen LogP contribution in [-0.2, 0) is 11.3 Å². The van der Waals surface area contributed by atoms with Crippen molar-refractivity contribution < 1.29 is 14.3 Å². The maximum atomic E-state index is 11.7. The van der Waals surface area contributed by atoms with Gasteiger partial charge in [0.1, 0.15) is 17.9 Å². The number of esters is 1. The summed E-state index contributed by atoms with van der Waals surface area (Å²) in [6.07, 6.45) is 5.36. The maximum Gasteiger partial charge on any atom is 0.341 e. The molecule has 100 valence electrons. The summed E-state index contributed by atoms with van der Waals surface area (Å²) in [4.78, 5) is 11.7. The van der Waals surface area contributed by atoms with E-state index in [9.17, 15) is 4.79 Å². The van der Waals surface area contributed by atoms with Crippen LogP contribution < -0.4 is 4.74 Å². The summed E-state index contributed by atoms with van der Waals surface area (Å²) in [5, 5.41) is 0. The second kappa shape index (κ2) is 6.44. The fraction of sp³-hybridized carbons (Fsp3) is 0.118. The van der Waals surface area contributed by atoms with E-state index >= 15 is 0 Å². The molecule has 0 amide bonds. The molecular weight excluding hydrogens is 252 g/mol. The predicted octanol–water partition coefficient (Wildman–Crippen LogP) is 3.03. The molecule has 0 bridgehead atoms. The fourth-order valence-electron chi connectivity index (χ4n) is 1.75. The Kier molecular flexibility index (Phi) is 4.41. The van der Waals surface area contributed by atoms with Crippen LogP contribution in [0.15, 0.2) is 48.5 Å². The summed E-state index contributed by atoms with van der Waals surface area (Å²) >= 11 is 0. The molecule has 20 heavy (non-hydrogen) atoms. The van der Waals surface area contributed by atoms with Gasteiger partial charge in [0.15, 0.2) is 0 Å². The lowest BCUT2D eigenvalue weighted by molar-refractivity contribution is 0.0595. The molecule has 2 aromatic rings. The topological polar surface area (TPSA) is 35.5 Å². The number of methoxy groups -OCH3 is 1. The number of terminal acetylenes is 1. The van der Waals surface area contributed by atoms with E-state index in [2.05, 4.69) is 5.92 Å². The van der Waals surface area contributed by atoms with Crippen molar-refractivity contribution in [3.8, 4) is 18.1 Å². The molecule has 0 radical (unpaired) electrons. The standard InChI is InChI=1S/C17H14O3/c1-3-13-9-10-15(17(18)19-2)16(11-13)20-12-14-7-5-4-6-8-14/h1,4-11H,12H2,2H3. The summed E-state index contributed by atoms with van der Waals surface area (Å²) in [7, 11) is 1.33. The smallest absolute Gasteiger partial charge is 0.341 e. The van der Waals surface area contributed by atoms with Gasteiger partial charge in [0.2, 0.25) is 0 Å². The monoisotopic (exact) mass is 266 g/mol. The molecule has 2 aromatic carbocycles. The highest BCUT2D eigenvalue weighted by Crippen LogP contribution is 2.22. The van der Waals surface area contributed by atoms with E-state index in [4.69, 9.17) is 15.9 Å².